The van der Waals surface area contributed by atoms with Crippen molar-refractivity contribution in [3.05, 3.63) is 85.8 Å². The van der Waals surface area contributed by atoms with Gasteiger partial charge < -0.3 is 15.1 Å². The quantitative estimate of drug-likeness (QED) is 0.349. The summed E-state index contributed by atoms with van der Waals surface area (Å²) in [7, 11) is 0. The van der Waals surface area contributed by atoms with Gasteiger partial charge in [0.25, 0.3) is 11.1 Å². The normalized spacial score (nSPS) is 13.9. The molecule has 200 valence electrons. The van der Waals surface area contributed by atoms with Gasteiger partial charge in [-0.05, 0) is 37.3 Å². The van der Waals surface area contributed by atoms with Crippen molar-refractivity contribution in [3.63, 3.8) is 0 Å². The van der Waals surface area contributed by atoms with Crippen molar-refractivity contribution in [2.24, 2.45) is 0 Å². The Morgan fingerprint density at radius 2 is 1.92 bits per heavy atom. The average molecular weight is 569 g/mol. The summed E-state index contributed by atoms with van der Waals surface area (Å²) < 4.78 is 24.2. The first-order chi connectivity index (χ1) is 18.8. The Bertz CT molecular complexity index is 1840. The monoisotopic (exact) mass is 568 g/mol. The molecule has 10 nitrogen and oxygen atoms in total. The fourth-order valence-corrected chi connectivity index (χ4v) is 5.96. The molecule has 1 fully saturated rings. The van der Waals surface area contributed by atoms with Crippen LogP contribution in [0, 0.1) is 12.7 Å². The predicted molar refractivity (Wildman–Crippen MR) is 149 cm³/mol. The van der Waals surface area contributed by atoms with Gasteiger partial charge in [-0.1, -0.05) is 35.1 Å². The summed E-state index contributed by atoms with van der Waals surface area (Å²) in [4.78, 5) is 45.1. The molecule has 0 bridgehead atoms. The molecule has 1 amide bonds. The topological polar surface area (TPSA) is 103 Å². The molecule has 1 N–H and O–H groups in total. The number of aryl methyl sites for hydroxylation is 1. The lowest BCUT2D eigenvalue weighted by Gasteiger charge is -2.31. The van der Waals surface area contributed by atoms with Gasteiger partial charge in [0.15, 0.2) is 0 Å². The maximum atomic E-state index is 14.0. The molecule has 2 aromatic carbocycles. The molecule has 0 radical (unpaired) electrons. The van der Waals surface area contributed by atoms with Crippen molar-refractivity contribution < 1.29 is 13.9 Å². The van der Waals surface area contributed by atoms with Gasteiger partial charge in [0, 0.05) is 11.8 Å². The van der Waals surface area contributed by atoms with Crippen molar-refractivity contribution in [1.29, 1.82) is 0 Å². The van der Waals surface area contributed by atoms with Crippen LogP contribution in [0.15, 0.2) is 58.1 Å². The Labute approximate surface area is 229 Å². The largest absolute Gasteiger partial charge is 0.378 e. The number of rotatable bonds is 5. The van der Waals surface area contributed by atoms with Crippen molar-refractivity contribution >= 4 is 55.7 Å². The van der Waals surface area contributed by atoms with Crippen LogP contribution in [-0.2, 0) is 16.1 Å². The van der Waals surface area contributed by atoms with Gasteiger partial charge >= 0.3 is 0 Å². The second-order valence-corrected chi connectivity index (χ2v) is 10.4. The van der Waals surface area contributed by atoms with Crippen molar-refractivity contribution in [3.8, 4) is 5.13 Å². The van der Waals surface area contributed by atoms with Crippen LogP contribution in [0.3, 0.4) is 0 Å². The van der Waals surface area contributed by atoms with E-state index in [2.05, 4.69) is 10.3 Å². The zero-order valence-electron chi connectivity index (χ0n) is 20.7. The van der Waals surface area contributed by atoms with Crippen LogP contribution in [0.2, 0.25) is 5.02 Å². The van der Waals surface area contributed by atoms with Gasteiger partial charge in [0.1, 0.15) is 12.4 Å². The number of hydrogen-bond donors (Lipinski definition) is 1. The van der Waals surface area contributed by atoms with Crippen molar-refractivity contribution in [1.82, 2.24) is 19.0 Å². The van der Waals surface area contributed by atoms with Gasteiger partial charge in [-0.2, -0.15) is 4.68 Å². The van der Waals surface area contributed by atoms with Crippen LogP contribution in [0.4, 0.5) is 10.1 Å². The lowest BCUT2D eigenvalue weighted by molar-refractivity contribution is -0.116. The maximum Gasteiger partial charge on any atom is 0.283 e. The predicted octanol–water partition coefficient (Wildman–Crippen LogP) is 3.27. The van der Waals surface area contributed by atoms with E-state index in [1.807, 2.05) is 29.3 Å². The molecule has 0 saturated carbocycles. The number of benzene rings is 2. The molecule has 0 spiro atoms. The molecule has 5 aromatic rings. The number of nitrogens with zero attached hydrogens (tertiary/aromatic N) is 5. The fraction of sp³-hybridized carbons (Fsp3) is 0.231. The van der Waals surface area contributed by atoms with E-state index < -0.39 is 17.3 Å². The highest BCUT2D eigenvalue weighted by atomic mass is 35.5. The number of carbonyl (C=O) groups excluding carboxylic acids is 1. The minimum Gasteiger partial charge on any atom is -0.378 e. The summed E-state index contributed by atoms with van der Waals surface area (Å²) in [5, 5.41) is 5.06. The summed E-state index contributed by atoms with van der Waals surface area (Å²) in [5.74, 6) is -1.11. The lowest BCUT2D eigenvalue weighted by Crippen LogP contribution is -2.49. The molecule has 39 heavy (non-hydrogen) atoms. The number of fused-ring (bicyclic) bond motifs is 2. The zero-order valence-corrected chi connectivity index (χ0v) is 22.3. The molecule has 4 heterocycles. The molecule has 1 aliphatic heterocycles. The third-order valence-corrected chi connectivity index (χ3v) is 7.86. The number of morpholine rings is 1. The highest BCUT2D eigenvalue weighted by Crippen LogP contribution is 2.26. The van der Waals surface area contributed by atoms with E-state index in [9.17, 15) is 18.8 Å². The molecule has 13 heteroatoms. The third kappa shape index (κ3) is 4.50. The SMILES string of the molecule is Cc1c2c(=O)n(-c3nc4ccccc4s3)n(CC(=O)Nc3ccc(F)c(Cl)c3)c2cc(=O)n1N1CCOCC1. The van der Waals surface area contributed by atoms with Gasteiger partial charge in [-0.15, -0.1) is 0 Å². The average Bonchev–Trinajstić information content (AvgIpc) is 3.45. The zero-order chi connectivity index (χ0) is 27.3. The van der Waals surface area contributed by atoms with Crippen LogP contribution in [0.5, 0.6) is 0 Å². The Hall–Kier alpha value is -4.00. The second kappa shape index (κ2) is 9.95. The Morgan fingerprint density at radius 3 is 2.67 bits per heavy atom. The minimum absolute atomic E-state index is 0.134. The standard InChI is InChI=1S/C26H22ClFN6O4S/c1-15-24-20(13-23(36)33(15)31-8-10-38-11-9-31)32(14-22(35)29-16-6-7-18(28)17(27)12-16)34(25(24)37)26-30-19-4-2-3-5-21(19)39-26/h2-7,12-13H,8-11,14H2,1H3,(H,29,35). The van der Waals surface area contributed by atoms with Crippen LogP contribution in [0.1, 0.15) is 5.69 Å². The number of para-hydroxylation sites is 1. The van der Waals surface area contributed by atoms with E-state index in [1.54, 1.807) is 6.92 Å². The molecule has 3 aromatic heterocycles. The van der Waals surface area contributed by atoms with Crippen LogP contribution in [0.25, 0.3) is 26.3 Å². The van der Waals surface area contributed by atoms with E-state index in [4.69, 9.17) is 16.3 Å². The molecule has 1 aliphatic rings. The van der Waals surface area contributed by atoms with Gasteiger partial charge in [-0.3, -0.25) is 19.1 Å². The number of anilines is 1. The smallest absolute Gasteiger partial charge is 0.283 e. The highest BCUT2D eigenvalue weighted by molar-refractivity contribution is 7.20. The summed E-state index contributed by atoms with van der Waals surface area (Å²) in [6, 6.07) is 12.7. The van der Waals surface area contributed by atoms with Gasteiger partial charge in [-0.25, -0.2) is 14.1 Å². The number of hydrogen-bond acceptors (Lipinski definition) is 7. The van der Waals surface area contributed by atoms with Crippen molar-refractivity contribution in [2.75, 3.05) is 36.6 Å². The first-order valence-electron chi connectivity index (χ1n) is 12.1. The van der Waals surface area contributed by atoms with Gasteiger partial charge in [0.2, 0.25) is 11.0 Å². The van der Waals surface area contributed by atoms with Crippen LogP contribution in [-0.4, -0.2) is 51.2 Å². The molecule has 0 aliphatic carbocycles. The van der Waals surface area contributed by atoms with E-state index in [-0.39, 0.29) is 17.1 Å². The van der Waals surface area contributed by atoms with E-state index in [1.165, 1.54) is 43.6 Å². The maximum absolute atomic E-state index is 14.0. The first kappa shape index (κ1) is 25.3. The fourth-order valence-electron chi connectivity index (χ4n) is 4.81. The molecular formula is C26H22ClFN6O4S. The third-order valence-electron chi connectivity index (χ3n) is 6.56. The van der Waals surface area contributed by atoms with Crippen molar-refractivity contribution in [2.45, 2.75) is 13.5 Å². The lowest BCUT2D eigenvalue weighted by atomic mass is 10.2. The number of halogens is 2. The summed E-state index contributed by atoms with van der Waals surface area (Å²) in [6.07, 6.45) is 0. The number of nitrogens with one attached hydrogen (secondary N) is 1. The summed E-state index contributed by atoms with van der Waals surface area (Å²) in [5.41, 5.74) is 1.03. The number of ether oxygens (including phenoxy) is 1. The Balaban J connectivity index is 1.51. The summed E-state index contributed by atoms with van der Waals surface area (Å²) in [6.45, 7) is 3.34. The first-order valence-corrected chi connectivity index (χ1v) is 13.3. The molecule has 0 atom stereocenters. The number of pyridine rings is 1. The Kier molecular flexibility index (Phi) is 6.45. The number of aromatic nitrogens is 4. The van der Waals surface area contributed by atoms with Crippen LogP contribution < -0.4 is 21.4 Å². The van der Waals surface area contributed by atoms with Gasteiger partial charge in [0.05, 0.1) is 58.1 Å². The summed E-state index contributed by atoms with van der Waals surface area (Å²) >= 11 is 7.16. The Morgan fingerprint density at radius 1 is 1.15 bits per heavy atom. The van der Waals surface area contributed by atoms with E-state index in [0.29, 0.717) is 59.2 Å². The molecule has 1 saturated heterocycles. The number of thiazole rings is 1. The van der Waals surface area contributed by atoms with E-state index in [0.717, 1.165) is 10.8 Å². The molecule has 6 rings (SSSR count). The highest BCUT2D eigenvalue weighted by Gasteiger charge is 2.25. The number of carbonyl (C=O) groups is 1. The minimum atomic E-state index is -0.609. The molecule has 0 unspecified atom stereocenters. The molecular weight excluding hydrogens is 547 g/mol. The second-order valence-electron chi connectivity index (χ2n) is 9.02. The van der Waals surface area contributed by atoms with Crippen LogP contribution >= 0.6 is 22.9 Å². The van der Waals surface area contributed by atoms with E-state index >= 15 is 0 Å². The number of amides is 1.